The summed E-state index contributed by atoms with van der Waals surface area (Å²) in [5.41, 5.74) is 2.17. The van der Waals surface area contributed by atoms with Gasteiger partial charge in [0.25, 0.3) is 0 Å². The van der Waals surface area contributed by atoms with Gasteiger partial charge in [-0.25, -0.2) is 102 Å². The van der Waals surface area contributed by atoms with E-state index in [4.69, 9.17) is 4.18 Å². The number of hydrogen-bond acceptors (Lipinski definition) is 18. The zero-order chi connectivity index (χ0) is 108. The third-order valence-electron chi connectivity index (χ3n) is 29.6. The first-order valence-electron chi connectivity index (χ1n) is 51.6. The average Bonchev–Trinajstić information content (AvgIpc) is 0.819. The number of carbonyl (C=O) groups excluding carboxylic acids is 7. The predicted molar refractivity (Wildman–Crippen MR) is 552 cm³/mol. The van der Waals surface area contributed by atoms with Gasteiger partial charge >= 0.3 is 30.2 Å². The van der Waals surface area contributed by atoms with Gasteiger partial charge in [-0.1, -0.05) is 6.92 Å². The lowest BCUT2D eigenvalue weighted by Gasteiger charge is -2.38. The molecule has 5 aromatic carbocycles. The van der Waals surface area contributed by atoms with E-state index in [1.807, 2.05) is 69.0 Å². The zero-order valence-electron chi connectivity index (χ0n) is 87.2. The zero-order valence-corrected chi connectivity index (χ0v) is 89.6. The standard InChI is InChI=1S/C22H34F2N4O3S.C21H30F2N4O2.C20H30F2N4O3S.C20H28F2N4O2.C19H28F2N4O3S/c1-22(2,3)31-32(30)28-11-7-19(8-12-28)26(4)21(29)25-18-5-9-27(10-6-18)20-14-16(23)13-17(24)15-20;1-3-20(28)27-10-6-18(7-11-27)25(2)21(29)24-17-4-8-26(9-5-17)19-13-15(22)12-16(23)14-19;1-3-30(28,29)26-10-6-18(7-11-26)24(2)20(27)23-17-4-8-25(9-5-17)19-13-15(21)12-16(22)14-19;1-14(27)25-9-5-18(6-10-25)24(2)20(28)23-17-3-7-26(8-4-17)19-12-15(21)11-16(22)13-19;1-23(17-5-9-25(10-6-17)29(2,27)28)19(26)22-16-3-7-24(8-4-16)18-12-14(20)11-15(21)13-18/h13-15,18-19H,5-12H2,1-4H3,(H,25,29);12-14,17-18H,3-11H2,1-2H3,(H,24,29);12-14,17-18H,3-11H2,1-2H3,(H,23,27);11-13,17-18H,3-10H2,1-2H3,(H,23,28);11-13,16-17H,3-10H2,1-2H3,(H,22,26). The highest BCUT2D eigenvalue weighted by molar-refractivity contribution is 7.89. The first-order valence-corrected chi connectivity index (χ1v) is 56.1. The van der Waals surface area contributed by atoms with Gasteiger partial charge in [-0.05, 0) is 217 Å². The second-order valence-electron chi connectivity index (χ2n) is 40.9. The van der Waals surface area contributed by atoms with Gasteiger partial charge in [-0.15, -0.1) is 0 Å². The van der Waals surface area contributed by atoms with E-state index < -0.39 is 95.1 Å². The van der Waals surface area contributed by atoms with Crippen molar-refractivity contribution < 1.29 is 103 Å². The van der Waals surface area contributed by atoms with Crippen LogP contribution in [-0.2, 0) is 45.1 Å². The molecule has 0 radical (unpaired) electrons. The van der Waals surface area contributed by atoms with Gasteiger partial charge in [0.05, 0.1) is 17.6 Å². The van der Waals surface area contributed by atoms with Crippen molar-refractivity contribution in [3.63, 3.8) is 0 Å². The summed E-state index contributed by atoms with van der Waals surface area (Å²) in [6.45, 7) is 22.5. The minimum absolute atomic E-state index is 0.00311. The fourth-order valence-electron chi connectivity index (χ4n) is 20.4. The molecule has 10 heterocycles. The monoisotopic (exact) mass is 2150 g/mol. The van der Waals surface area contributed by atoms with Crippen molar-refractivity contribution >= 4 is 102 Å². The second kappa shape index (κ2) is 54.5. The molecule has 10 saturated heterocycles. The highest BCUT2D eigenvalue weighted by Crippen LogP contribution is 2.33. The van der Waals surface area contributed by atoms with Crippen LogP contribution in [0.5, 0.6) is 0 Å². The Kier molecular flexibility index (Phi) is 43.4. The maximum Gasteiger partial charge on any atom is 0.317 e. The number of urea groups is 5. The Hall–Kier alpha value is -10.4. The summed E-state index contributed by atoms with van der Waals surface area (Å²) in [4.78, 5) is 108. The molecule has 46 heteroatoms. The van der Waals surface area contributed by atoms with Gasteiger partial charge in [0.2, 0.25) is 43.1 Å². The van der Waals surface area contributed by atoms with Crippen molar-refractivity contribution in [2.75, 3.05) is 203 Å². The highest BCUT2D eigenvalue weighted by Gasteiger charge is 2.39. The highest BCUT2D eigenvalue weighted by atomic mass is 32.2. The van der Waals surface area contributed by atoms with Crippen molar-refractivity contribution in [3.05, 3.63) is 149 Å². The Morgan fingerprint density at radius 3 is 0.723 bits per heavy atom. The quantitative estimate of drug-likeness (QED) is 0.0426. The van der Waals surface area contributed by atoms with E-state index in [0.29, 0.717) is 230 Å². The Labute approximate surface area is 867 Å². The molecule has 0 saturated carbocycles. The molecule has 5 aromatic rings. The van der Waals surface area contributed by atoms with Gasteiger partial charge in [0, 0.05) is 299 Å². The number of piperidine rings is 10. The lowest BCUT2D eigenvalue weighted by Crippen LogP contribution is -2.53. The number of rotatable bonds is 21. The molecule has 1 unspecified atom stereocenters. The fraction of sp³-hybridized carbons (Fsp3) is 0.637. The van der Waals surface area contributed by atoms with E-state index in [1.54, 1.807) is 70.8 Å². The van der Waals surface area contributed by atoms with Crippen LogP contribution in [0.4, 0.5) is 96.3 Å². The number of nitrogens with zero attached hydrogens (tertiary/aromatic N) is 15. The van der Waals surface area contributed by atoms with Crippen LogP contribution in [0.25, 0.3) is 0 Å². The van der Waals surface area contributed by atoms with Crippen LogP contribution < -0.4 is 51.1 Å². The van der Waals surface area contributed by atoms with E-state index in [-0.39, 0.29) is 108 Å². The van der Waals surface area contributed by atoms with Crippen LogP contribution in [0.2, 0.25) is 0 Å². The third-order valence-corrected chi connectivity index (χ3v) is 34.2. The van der Waals surface area contributed by atoms with Gasteiger partial charge in [-0.2, -0.15) is 0 Å². The summed E-state index contributed by atoms with van der Waals surface area (Å²) in [5.74, 6) is -5.55. The maximum atomic E-state index is 13.5. The fourth-order valence-corrected chi connectivity index (χ4v) is 23.5. The number of hydrogen-bond donors (Lipinski definition) is 5. The van der Waals surface area contributed by atoms with Crippen molar-refractivity contribution in [3.8, 4) is 0 Å². The molecule has 824 valence electrons. The van der Waals surface area contributed by atoms with Gasteiger partial charge in [0.1, 0.15) is 58.2 Å². The summed E-state index contributed by atoms with van der Waals surface area (Å²) < 4.78 is 204. The van der Waals surface area contributed by atoms with Crippen molar-refractivity contribution in [2.24, 2.45) is 0 Å². The lowest BCUT2D eigenvalue weighted by molar-refractivity contribution is -0.132. The molecule has 10 aliphatic rings. The molecule has 148 heavy (non-hydrogen) atoms. The van der Waals surface area contributed by atoms with Crippen LogP contribution >= 0.6 is 0 Å². The molecule has 33 nitrogen and oxygen atoms in total. The number of benzene rings is 5. The van der Waals surface area contributed by atoms with Crippen LogP contribution in [0.1, 0.15) is 176 Å². The Morgan fingerprint density at radius 1 is 0.324 bits per heavy atom. The molecule has 0 aliphatic carbocycles. The first kappa shape index (κ1) is 118. The number of carbonyl (C=O) groups is 7. The van der Waals surface area contributed by atoms with E-state index in [9.17, 15) is 98.5 Å². The number of anilines is 5. The Bertz CT molecular complexity index is 5390. The van der Waals surface area contributed by atoms with Crippen molar-refractivity contribution in [2.45, 2.75) is 242 Å². The summed E-state index contributed by atoms with van der Waals surface area (Å²) >= 11 is -1.48. The van der Waals surface area contributed by atoms with E-state index in [1.165, 1.54) is 75.5 Å². The summed E-state index contributed by atoms with van der Waals surface area (Å²) in [6.07, 6.45) is 15.8. The average molecular weight is 2150 g/mol. The SMILES string of the molecule is CC(=O)N1CCC(N(C)C(=O)NC2CCN(c3cc(F)cc(F)c3)CC2)CC1.CCC(=O)N1CCC(N(C)C(=O)NC2CCN(c3cc(F)cc(F)c3)CC2)CC1.CCS(=O)(=O)N1CCC(N(C)C(=O)NC2CCN(c3cc(F)cc(F)c3)CC2)CC1.CN(C(=O)NC1CCN(c2cc(F)cc(F)c2)CC1)C1CCN(S(=O)OC(C)(C)C)CC1.CN(C(=O)NC1CCN(c2cc(F)cc(F)c2)CC1)C1CCN(S(C)(=O)=O)CC1. The third kappa shape index (κ3) is 35.3. The number of amides is 12. The number of sulfonamides is 2. The van der Waals surface area contributed by atoms with Crippen LogP contribution in [0.3, 0.4) is 0 Å². The molecule has 10 fully saturated rings. The van der Waals surface area contributed by atoms with E-state index in [0.717, 1.165) is 94.5 Å². The maximum absolute atomic E-state index is 13.5. The molecular formula is C102H150F10N20O13S3. The summed E-state index contributed by atoms with van der Waals surface area (Å²) in [6, 6.07) is 17.4. The summed E-state index contributed by atoms with van der Waals surface area (Å²) in [5, 5.41) is 15.3. The van der Waals surface area contributed by atoms with Crippen LogP contribution in [-0.4, -0.2) is 354 Å². The second-order valence-corrected chi connectivity index (χ2v) is 46.3. The predicted octanol–water partition coefficient (Wildman–Crippen LogP) is 13.4. The molecule has 10 aliphatic heterocycles. The van der Waals surface area contributed by atoms with Gasteiger partial charge in [0.15, 0.2) is 0 Å². The van der Waals surface area contributed by atoms with Crippen LogP contribution in [0, 0.1) is 58.2 Å². The number of nitrogens with one attached hydrogen (secondary N) is 5. The van der Waals surface area contributed by atoms with Gasteiger partial charge in [-0.3, -0.25) is 13.8 Å². The largest absolute Gasteiger partial charge is 0.371 e. The van der Waals surface area contributed by atoms with Crippen molar-refractivity contribution in [1.82, 2.24) is 73.8 Å². The molecule has 5 N–H and O–H groups in total. The smallest absolute Gasteiger partial charge is 0.317 e. The summed E-state index contributed by atoms with van der Waals surface area (Å²) in [7, 11) is 2.51. The minimum Gasteiger partial charge on any atom is -0.371 e. The van der Waals surface area contributed by atoms with Gasteiger partial charge < -0.3 is 85.4 Å². The van der Waals surface area contributed by atoms with Crippen molar-refractivity contribution in [1.29, 1.82) is 0 Å². The molecular weight excluding hydrogens is 2000 g/mol. The lowest BCUT2D eigenvalue weighted by atomic mass is 10.0. The number of likely N-dealkylation sites (tertiary alicyclic amines) is 2. The molecule has 12 amide bonds. The molecule has 0 bridgehead atoms. The number of halogens is 10. The minimum atomic E-state index is -3.19. The Morgan fingerprint density at radius 2 is 0.527 bits per heavy atom. The van der Waals surface area contributed by atoms with Crippen LogP contribution in [0.15, 0.2) is 91.0 Å². The van der Waals surface area contributed by atoms with E-state index >= 15 is 0 Å². The molecule has 0 aromatic heterocycles. The Balaban J connectivity index is 0.000000176. The topological polar surface area (TPSA) is 323 Å². The molecule has 15 rings (SSSR count). The van der Waals surface area contributed by atoms with E-state index in [2.05, 4.69) is 26.6 Å². The molecule has 0 spiro atoms. The first-order chi connectivity index (χ1) is 70.0. The molecule has 1 atom stereocenters. The normalized spacial score (nSPS) is 19.5.